The average molecular weight is 236 g/mol. The SMILES string of the molecule is CNC(=O)c1cccc(NC2CCSC2)c1. The van der Waals surface area contributed by atoms with Crippen molar-refractivity contribution < 1.29 is 4.79 Å². The van der Waals surface area contributed by atoms with E-state index in [1.807, 2.05) is 36.0 Å². The van der Waals surface area contributed by atoms with Gasteiger partial charge in [-0.1, -0.05) is 6.07 Å². The van der Waals surface area contributed by atoms with Crippen LogP contribution in [0.4, 0.5) is 5.69 Å². The van der Waals surface area contributed by atoms with Gasteiger partial charge in [0.2, 0.25) is 0 Å². The van der Waals surface area contributed by atoms with Crippen LogP contribution in [0.2, 0.25) is 0 Å². The second-order valence-corrected chi connectivity index (χ2v) is 5.01. The molecule has 1 heterocycles. The lowest BCUT2D eigenvalue weighted by molar-refractivity contribution is 0.0963. The first-order valence-electron chi connectivity index (χ1n) is 5.46. The van der Waals surface area contributed by atoms with Crippen molar-refractivity contribution in [3.63, 3.8) is 0 Å². The van der Waals surface area contributed by atoms with Crippen LogP contribution in [0.25, 0.3) is 0 Å². The minimum Gasteiger partial charge on any atom is -0.381 e. The normalized spacial score (nSPS) is 19.4. The maximum Gasteiger partial charge on any atom is 0.251 e. The van der Waals surface area contributed by atoms with E-state index in [0.717, 1.165) is 11.4 Å². The highest BCUT2D eigenvalue weighted by Crippen LogP contribution is 2.21. The number of carbonyl (C=O) groups excluding carboxylic acids is 1. The number of hydrogen-bond acceptors (Lipinski definition) is 3. The number of nitrogens with one attached hydrogen (secondary N) is 2. The van der Waals surface area contributed by atoms with Gasteiger partial charge in [-0.3, -0.25) is 4.79 Å². The first-order chi connectivity index (χ1) is 7.79. The molecule has 1 saturated heterocycles. The van der Waals surface area contributed by atoms with Gasteiger partial charge in [0, 0.05) is 30.1 Å². The second-order valence-electron chi connectivity index (χ2n) is 3.86. The Bertz CT molecular complexity index is 375. The van der Waals surface area contributed by atoms with Crippen molar-refractivity contribution in [2.75, 3.05) is 23.9 Å². The highest BCUT2D eigenvalue weighted by molar-refractivity contribution is 7.99. The van der Waals surface area contributed by atoms with Gasteiger partial charge in [0.15, 0.2) is 0 Å². The summed E-state index contributed by atoms with van der Waals surface area (Å²) in [6.45, 7) is 0. The average Bonchev–Trinajstić information content (AvgIpc) is 2.81. The van der Waals surface area contributed by atoms with Crippen LogP contribution in [0, 0.1) is 0 Å². The predicted octanol–water partition coefficient (Wildman–Crippen LogP) is 1.96. The molecule has 1 aromatic carbocycles. The Labute approximate surface area is 100.0 Å². The third-order valence-electron chi connectivity index (χ3n) is 2.65. The molecule has 1 aliphatic rings. The molecule has 2 rings (SSSR count). The fourth-order valence-electron chi connectivity index (χ4n) is 1.78. The monoisotopic (exact) mass is 236 g/mol. The highest BCUT2D eigenvalue weighted by atomic mass is 32.2. The number of carbonyl (C=O) groups is 1. The van der Waals surface area contributed by atoms with E-state index in [0.29, 0.717) is 11.6 Å². The van der Waals surface area contributed by atoms with E-state index in [9.17, 15) is 4.79 Å². The van der Waals surface area contributed by atoms with Crippen molar-refractivity contribution in [3.05, 3.63) is 29.8 Å². The Morgan fingerprint density at radius 2 is 2.38 bits per heavy atom. The van der Waals surface area contributed by atoms with Gasteiger partial charge in [0.25, 0.3) is 5.91 Å². The lowest BCUT2D eigenvalue weighted by atomic mass is 10.1. The van der Waals surface area contributed by atoms with Crippen molar-refractivity contribution in [2.45, 2.75) is 12.5 Å². The predicted molar refractivity (Wildman–Crippen MR) is 69.2 cm³/mol. The van der Waals surface area contributed by atoms with Gasteiger partial charge >= 0.3 is 0 Å². The highest BCUT2D eigenvalue weighted by Gasteiger charge is 2.15. The zero-order valence-electron chi connectivity index (χ0n) is 9.32. The summed E-state index contributed by atoms with van der Waals surface area (Å²) >= 11 is 1.97. The van der Waals surface area contributed by atoms with Gasteiger partial charge in [-0.05, 0) is 30.4 Å². The molecule has 1 atom stereocenters. The fourth-order valence-corrected chi connectivity index (χ4v) is 2.93. The molecule has 0 aromatic heterocycles. The minimum atomic E-state index is -0.0375. The lowest BCUT2D eigenvalue weighted by Crippen LogP contribution is -2.20. The molecule has 0 aliphatic carbocycles. The molecule has 0 bridgehead atoms. The summed E-state index contributed by atoms with van der Waals surface area (Å²) in [6, 6.07) is 8.20. The van der Waals surface area contributed by atoms with E-state index in [4.69, 9.17) is 0 Å². The third kappa shape index (κ3) is 2.70. The number of rotatable bonds is 3. The zero-order valence-corrected chi connectivity index (χ0v) is 10.1. The summed E-state index contributed by atoms with van der Waals surface area (Å²) in [4.78, 5) is 11.5. The number of amides is 1. The molecule has 16 heavy (non-hydrogen) atoms. The van der Waals surface area contributed by atoms with Crippen LogP contribution in [0.1, 0.15) is 16.8 Å². The van der Waals surface area contributed by atoms with E-state index in [-0.39, 0.29) is 5.91 Å². The van der Waals surface area contributed by atoms with Crippen molar-refractivity contribution in [3.8, 4) is 0 Å². The van der Waals surface area contributed by atoms with Gasteiger partial charge in [-0.15, -0.1) is 0 Å². The first-order valence-corrected chi connectivity index (χ1v) is 6.61. The van der Waals surface area contributed by atoms with Crippen LogP contribution in [-0.2, 0) is 0 Å². The molecule has 1 amide bonds. The van der Waals surface area contributed by atoms with E-state index >= 15 is 0 Å². The standard InChI is InChI=1S/C12H16N2OS/c1-13-12(15)9-3-2-4-10(7-9)14-11-5-6-16-8-11/h2-4,7,11,14H,5-6,8H2,1H3,(H,13,15). The summed E-state index contributed by atoms with van der Waals surface area (Å²) in [5.74, 6) is 2.35. The number of anilines is 1. The summed E-state index contributed by atoms with van der Waals surface area (Å²) < 4.78 is 0. The maximum atomic E-state index is 11.5. The molecule has 1 aliphatic heterocycles. The van der Waals surface area contributed by atoms with Gasteiger partial charge in [0.05, 0.1) is 0 Å². The minimum absolute atomic E-state index is 0.0375. The maximum absolute atomic E-state index is 11.5. The Kier molecular flexibility index (Phi) is 3.72. The molecular formula is C12H16N2OS. The topological polar surface area (TPSA) is 41.1 Å². The first kappa shape index (κ1) is 11.3. The van der Waals surface area contributed by atoms with Crippen LogP contribution >= 0.6 is 11.8 Å². The zero-order chi connectivity index (χ0) is 11.4. The van der Waals surface area contributed by atoms with Gasteiger partial charge in [-0.25, -0.2) is 0 Å². The van der Waals surface area contributed by atoms with E-state index in [2.05, 4.69) is 10.6 Å². The Hall–Kier alpha value is -1.16. The second kappa shape index (κ2) is 5.25. The third-order valence-corrected chi connectivity index (χ3v) is 3.81. The molecule has 1 aromatic rings. The van der Waals surface area contributed by atoms with E-state index in [1.165, 1.54) is 12.2 Å². The van der Waals surface area contributed by atoms with Crippen LogP contribution in [0.15, 0.2) is 24.3 Å². The summed E-state index contributed by atoms with van der Waals surface area (Å²) in [5.41, 5.74) is 1.74. The number of hydrogen-bond donors (Lipinski definition) is 2. The van der Waals surface area contributed by atoms with Crippen LogP contribution < -0.4 is 10.6 Å². The molecule has 0 spiro atoms. The molecule has 4 heteroatoms. The Morgan fingerprint density at radius 3 is 3.06 bits per heavy atom. The molecular weight excluding hydrogens is 220 g/mol. The van der Waals surface area contributed by atoms with Crippen molar-refractivity contribution in [1.29, 1.82) is 0 Å². The molecule has 1 unspecified atom stereocenters. The molecule has 2 N–H and O–H groups in total. The van der Waals surface area contributed by atoms with Gasteiger partial charge in [-0.2, -0.15) is 11.8 Å². The molecule has 1 fully saturated rings. The van der Waals surface area contributed by atoms with E-state index < -0.39 is 0 Å². The quantitative estimate of drug-likeness (QED) is 0.843. The summed E-state index contributed by atoms with van der Waals surface area (Å²) in [6.07, 6.45) is 1.20. The Morgan fingerprint density at radius 1 is 1.50 bits per heavy atom. The van der Waals surface area contributed by atoms with Gasteiger partial charge in [0.1, 0.15) is 0 Å². The molecule has 3 nitrogen and oxygen atoms in total. The van der Waals surface area contributed by atoms with Crippen molar-refractivity contribution in [1.82, 2.24) is 5.32 Å². The summed E-state index contributed by atoms with van der Waals surface area (Å²) in [5, 5.41) is 6.09. The van der Waals surface area contributed by atoms with E-state index in [1.54, 1.807) is 7.05 Å². The molecule has 0 radical (unpaired) electrons. The summed E-state index contributed by atoms with van der Waals surface area (Å²) in [7, 11) is 1.65. The van der Waals surface area contributed by atoms with Crippen LogP contribution in [-0.4, -0.2) is 30.5 Å². The number of thioether (sulfide) groups is 1. The van der Waals surface area contributed by atoms with Crippen LogP contribution in [0.5, 0.6) is 0 Å². The molecule has 0 saturated carbocycles. The lowest BCUT2D eigenvalue weighted by Gasteiger charge is -2.13. The molecule has 86 valence electrons. The van der Waals surface area contributed by atoms with Crippen LogP contribution in [0.3, 0.4) is 0 Å². The smallest absolute Gasteiger partial charge is 0.251 e. The number of benzene rings is 1. The van der Waals surface area contributed by atoms with Crippen molar-refractivity contribution >= 4 is 23.4 Å². The fraction of sp³-hybridized carbons (Fsp3) is 0.417. The van der Waals surface area contributed by atoms with Crippen molar-refractivity contribution in [2.24, 2.45) is 0 Å². The Balaban J connectivity index is 2.06. The van der Waals surface area contributed by atoms with Gasteiger partial charge < -0.3 is 10.6 Å². The largest absolute Gasteiger partial charge is 0.381 e.